The molecule has 0 spiro atoms. The number of rotatable bonds is 1. The fourth-order valence-electron chi connectivity index (χ4n) is 2.48. The Morgan fingerprint density at radius 3 is 2.50 bits per heavy atom. The van der Waals surface area contributed by atoms with Crippen molar-refractivity contribution in [2.24, 2.45) is 0 Å². The van der Waals surface area contributed by atoms with E-state index in [0.717, 1.165) is 12.8 Å². The van der Waals surface area contributed by atoms with Crippen molar-refractivity contribution < 1.29 is 8.42 Å². The quantitative estimate of drug-likeness (QED) is 0.630. The lowest BCUT2D eigenvalue weighted by atomic mass is 10.1. The number of likely N-dealkylation sites (N-methyl/N-ethyl adjacent to an activating group) is 1. The molecule has 4 nitrogen and oxygen atoms in total. The number of nitrogens with zero attached hydrogens (tertiary/aromatic N) is 2. The fraction of sp³-hybridized carbons (Fsp3) is 1.00. The first-order chi connectivity index (χ1) is 6.48. The van der Waals surface area contributed by atoms with Crippen molar-refractivity contribution >= 4 is 19.9 Å². The van der Waals surface area contributed by atoms with Crippen LogP contribution in [0.3, 0.4) is 0 Å². The van der Waals surface area contributed by atoms with Gasteiger partial charge in [0.1, 0.15) is 0 Å². The molecule has 0 saturated carbocycles. The summed E-state index contributed by atoms with van der Waals surface area (Å²) in [7, 11) is 3.91. The van der Waals surface area contributed by atoms with E-state index in [-0.39, 0.29) is 0 Å². The summed E-state index contributed by atoms with van der Waals surface area (Å²) in [5.41, 5.74) is 0. The third-order valence-electron chi connectivity index (χ3n) is 3.42. The molecule has 14 heavy (non-hydrogen) atoms. The molecule has 0 aromatic rings. The maximum Gasteiger partial charge on any atom is 0.299 e. The van der Waals surface area contributed by atoms with E-state index in [4.69, 9.17) is 10.7 Å². The van der Waals surface area contributed by atoms with Crippen molar-refractivity contribution in [3.63, 3.8) is 0 Å². The van der Waals surface area contributed by atoms with E-state index in [1.54, 1.807) is 0 Å². The van der Waals surface area contributed by atoms with Gasteiger partial charge in [-0.1, -0.05) is 0 Å². The fourth-order valence-corrected chi connectivity index (χ4v) is 3.53. The maximum absolute atomic E-state index is 11.2. The van der Waals surface area contributed by atoms with Gasteiger partial charge in [-0.2, -0.15) is 12.7 Å². The molecule has 2 unspecified atom stereocenters. The van der Waals surface area contributed by atoms with Gasteiger partial charge in [-0.3, -0.25) is 4.90 Å². The summed E-state index contributed by atoms with van der Waals surface area (Å²) in [5, 5.41) is 0. The average Bonchev–Trinajstić information content (AvgIpc) is 2.23. The van der Waals surface area contributed by atoms with E-state index in [1.807, 2.05) is 0 Å². The summed E-state index contributed by atoms with van der Waals surface area (Å²) in [5.74, 6) is 0. The van der Waals surface area contributed by atoms with Gasteiger partial charge in [0, 0.05) is 35.9 Å². The minimum atomic E-state index is -3.52. The molecule has 2 aliphatic heterocycles. The van der Waals surface area contributed by atoms with Gasteiger partial charge in [0.2, 0.25) is 0 Å². The maximum atomic E-state index is 11.2. The number of hydrogen-bond acceptors (Lipinski definition) is 3. The molecular weight excluding hydrogens is 224 g/mol. The summed E-state index contributed by atoms with van der Waals surface area (Å²) in [6.45, 7) is 1.12. The van der Waals surface area contributed by atoms with Crippen LogP contribution in [0.25, 0.3) is 0 Å². The van der Waals surface area contributed by atoms with Crippen molar-refractivity contribution in [3.05, 3.63) is 0 Å². The second-order valence-corrected chi connectivity index (χ2v) is 6.65. The summed E-state index contributed by atoms with van der Waals surface area (Å²) in [4.78, 5) is 2.29. The minimum Gasteiger partial charge on any atom is -0.299 e. The number of halogens is 1. The van der Waals surface area contributed by atoms with Crippen LogP contribution in [-0.2, 0) is 9.24 Å². The summed E-state index contributed by atoms with van der Waals surface area (Å²) in [6.07, 6.45) is 3.18. The van der Waals surface area contributed by atoms with Crippen LogP contribution in [-0.4, -0.2) is 49.8 Å². The monoisotopic (exact) mass is 238 g/mol. The predicted molar refractivity (Wildman–Crippen MR) is 55.5 cm³/mol. The van der Waals surface area contributed by atoms with Crippen LogP contribution in [0, 0.1) is 0 Å². The van der Waals surface area contributed by atoms with Crippen molar-refractivity contribution in [3.8, 4) is 0 Å². The molecule has 2 fully saturated rings. The predicted octanol–water partition coefficient (Wildman–Crippen LogP) is 0.639. The highest BCUT2D eigenvalue weighted by atomic mass is 35.7. The van der Waals surface area contributed by atoms with Crippen molar-refractivity contribution in [1.82, 2.24) is 9.21 Å². The third kappa shape index (κ3) is 1.91. The first-order valence-corrected chi connectivity index (χ1v) is 7.17. The number of fused-ring (bicyclic) bond motifs is 2. The van der Waals surface area contributed by atoms with Crippen LogP contribution in [0.4, 0.5) is 0 Å². The van der Waals surface area contributed by atoms with Crippen LogP contribution in [0.5, 0.6) is 0 Å². The molecule has 2 rings (SSSR count). The second kappa shape index (κ2) is 3.63. The molecule has 2 heterocycles. The Hall–Kier alpha value is 0.160. The Bertz CT molecular complexity index is 319. The zero-order valence-electron chi connectivity index (χ0n) is 8.19. The molecule has 0 aromatic carbocycles. The molecule has 0 radical (unpaired) electrons. The lowest BCUT2D eigenvalue weighted by molar-refractivity contribution is 0.247. The Morgan fingerprint density at radius 2 is 1.86 bits per heavy atom. The van der Waals surface area contributed by atoms with E-state index in [1.165, 1.54) is 10.7 Å². The topological polar surface area (TPSA) is 40.6 Å². The summed E-state index contributed by atoms with van der Waals surface area (Å²) >= 11 is 0. The van der Waals surface area contributed by atoms with Gasteiger partial charge >= 0.3 is 0 Å². The molecule has 2 aliphatic rings. The highest BCUT2D eigenvalue weighted by Crippen LogP contribution is 2.29. The zero-order chi connectivity index (χ0) is 10.3. The normalized spacial score (nSPS) is 35.9. The standard InChI is InChI=1S/C8H15ClN2O2S/c1-10-7-2-3-8(10)6-11(5-4-7)14(9,12)13/h7-8H,2-6H2,1H3. The Balaban J connectivity index is 2.15. The molecule has 0 aromatic heterocycles. The molecule has 6 heteroatoms. The van der Waals surface area contributed by atoms with Gasteiger partial charge in [0.05, 0.1) is 0 Å². The molecule has 0 amide bonds. The van der Waals surface area contributed by atoms with Crippen LogP contribution in [0.1, 0.15) is 19.3 Å². The summed E-state index contributed by atoms with van der Waals surface area (Å²) in [6, 6.07) is 0.902. The van der Waals surface area contributed by atoms with Gasteiger partial charge in [-0.05, 0) is 26.3 Å². The van der Waals surface area contributed by atoms with Gasteiger partial charge in [-0.25, -0.2) is 0 Å². The molecule has 2 atom stereocenters. The van der Waals surface area contributed by atoms with Gasteiger partial charge in [0.15, 0.2) is 0 Å². The largest absolute Gasteiger partial charge is 0.299 e. The zero-order valence-corrected chi connectivity index (χ0v) is 9.76. The first kappa shape index (κ1) is 10.7. The summed E-state index contributed by atoms with van der Waals surface area (Å²) < 4.78 is 23.8. The van der Waals surface area contributed by atoms with Crippen molar-refractivity contribution in [2.45, 2.75) is 31.3 Å². The van der Waals surface area contributed by atoms with Gasteiger partial charge in [-0.15, -0.1) is 0 Å². The Kier molecular flexibility index (Phi) is 2.76. The minimum absolute atomic E-state index is 0.357. The smallest absolute Gasteiger partial charge is 0.299 e. The van der Waals surface area contributed by atoms with E-state index >= 15 is 0 Å². The molecule has 2 bridgehead atoms. The highest BCUT2D eigenvalue weighted by molar-refractivity contribution is 8.11. The van der Waals surface area contributed by atoms with Crippen LogP contribution >= 0.6 is 10.7 Å². The van der Waals surface area contributed by atoms with Crippen molar-refractivity contribution in [1.29, 1.82) is 0 Å². The van der Waals surface area contributed by atoms with Crippen LogP contribution < -0.4 is 0 Å². The van der Waals surface area contributed by atoms with Crippen molar-refractivity contribution in [2.75, 3.05) is 20.1 Å². The lowest BCUT2D eigenvalue weighted by Crippen LogP contribution is -2.37. The molecule has 0 aliphatic carbocycles. The molecular formula is C8H15ClN2O2S. The first-order valence-electron chi connectivity index (χ1n) is 4.90. The van der Waals surface area contributed by atoms with E-state index < -0.39 is 9.24 Å². The van der Waals surface area contributed by atoms with E-state index in [2.05, 4.69) is 11.9 Å². The third-order valence-corrected chi connectivity index (χ3v) is 4.95. The Morgan fingerprint density at radius 1 is 1.21 bits per heavy atom. The molecule has 0 N–H and O–H groups in total. The highest BCUT2D eigenvalue weighted by Gasteiger charge is 2.37. The van der Waals surface area contributed by atoms with E-state index in [0.29, 0.717) is 25.2 Å². The van der Waals surface area contributed by atoms with Crippen LogP contribution in [0.2, 0.25) is 0 Å². The van der Waals surface area contributed by atoms with Gasteiger partial charge in [0.25, 0.3) is 9.24 Å². The average molecular weight is 239 g/mol. The molecule has 2 saturated heterocycles. The van der Waals surface area contributed by atoms with E-state index in [9.17, 15) is 8.42 Å². The molecule has 82 valence electrons. The number of hydrogen-bond donors (Lipinski definition) is 0. The lowest BCUT2D eigenvalue weighted by Gasteiger charge is -2.23. The Labute approximate surface area is 89.4 Å². The van der Waals surface area contributed by atoms with Gasteiger partial charge < -0.3 is 0 Å². The second-order valence-electron chi connectivity index (χ2n) is 4.14. The SMILES string of the molecule is CN1C2CCC1CN(S(=O)(=O)Cl)CC2. The van der Waals surface area contributed by atoms with Crippen LogP contribution in [0.15, 0.2) is 0 Å².